The van der Waals surface area contributed by atoms with Gasteiger partial charge in [-0.05, 0) is 34.7 Å². The standard InChI is InChI=1S/C16H10F4INO2/c1-3-7-4-8(16(23)24-2)15(14(20)13(7)19)22-12-6-9(17)11(21)5-10(12)18/h3-6,22H,1H2,2H3. The van der Waals surface area contributed by atoms with Crippen LogP contribution in [0.5, 0.6) is 0 Å². The molecule has 3 nitrogen and oxygen atoms in total. The Morgan fingerprint density at radius 1 is 1.17 bits per heavy atom. The zero-order valence-corrected chi connectivity index (χ0v) is 14.4. The van der Waals surface area contributed by atoms with Crippen LogP contribution < -0.4 is 5.32 Å². The molecular weight excluding hydrogens is 441 g/mol. The lowest BCUT2D eigenvalue weighted by atomic mass is 10.1. The topological polar surface area (TPSA) is 38.3 Å². The number of hydrogen-bond donors (Lipinski definition) is 1. The van der Waals surface area contributed by atoms with Crippen molar-refractivity contribution in [3.63, 3.8) is 0 Å². The van der Waals surface area contributed by atoms with Crippen LogP contribution in [-0.2, 0) is 4.74 Å². The molecular formula is C16H10F4INO2. The quantitative estimate of drug-likeness (QED) is 0.307. The molecule has 0 spiro atoms. The van der Waals surface area contributed by atoms with Crippen molar-refractivity contribution in [1.82, 2.24) is 0 Å². The molecule has 2 rings (SSSR count). The second kappa shape index (κ2) is 7.20. The maximum absolute atomic E-state index is 14.3. The lowest BCUT2D eigenvalue weighted by Crippen LogP contribution is -2.11. The highest BCUT2D eigenvalue weighted by atomic mass is 127. The maximum atomic E-state index is 14.3. The minimum Gasteiger partial charge on any atom is -0.465 e. The molecule has 0 aliphatic rings. The number of carbonyl (C=O) groups excluding carboxylic acids is 1. The molecule has 0 bridgehead atoms. The number of ether oxygens (including phenoxy) is 1. The van der Waals surface area contributed by atoms with Crippen molar-refractivity contribution in [2.75, 3.05) is 12.4 Å². The van der Waals surface area contributed by atoms with Gasteiger partial charge in [-0.15, -0.1) is 0 Å². The van der Waals surface area contributed by atoms with Crippen LogP contribution >= 0.6 is 22.6 Å². The first-order chi connectivity index (χ1) is 11.3. The molecule has 2 aromatic rings. The molecule has 0 amide bonds. The summed E-state index contributed by atoms with van der Waals surface area (Å²) in [5.41, 5.74) is -1.77. The van der Waals surface area contributed by atoms with E-state index in [1.807, 2.05) is 0 Å². The summed E-state index contributed by atoms with van der Waals surface area (Å²) in [4.78, 5) is 11.8. The van der Waals surface area contributed by atoms with Crippen LogP contribution in [0.2, 0.25) is 0 Å². The molecule has 0 unspecified atom stereocenters. The van der Waals surface area contributed by atoms with Crippen LogP contribution in [0.15, 0.2) is 24.8 Å². The number of anilines is 2. The van der Waals surface area contributed by atoms with Crippen LogP contribution in [0.1, 0.15) is 15.9 Å². The molecule has 8 heteroatoms. The van der Waals surface area contributed by atoms with E-state index in [2.05, 4.69) is 16.6 Å². The van der Waals surface area contributed by atoms with Gasteiger partial charge in [-0.1, -0.05) is 12.7 Å². The number of methoxy groups -OCH3 is 1. The zero-order chi connectivity index (χ0) is 18.0. The van der Waals surface area contributed by atoms with Gasteiger partial charge in [0.25, 0.3) is 0 Å². The summed E-state index contributed by atoms with van der Waals surface area (Å²) >= 11 is 1.58. The van der Waals surface area contributed by atoms with E-state index in [-0.39, 0.29) is 14.7 Å². The van der Waals surface area contributed by atoms with E-state index in [4.69, 9.17) is 0 Å². The third-order valence-corrected chi connectivity index (χ3v) is 3.96. The van der Waals surface area contributed by atoms with E-state index in [0.717, 1.165) is 31.4 Å². The van der Waals surface area contributed by atoms with Crippen LogP contribution in [0.4, 0.5) is 28.9 Å². The summed E-state index contributed by atoms with van der Waals surface area (Å²) in [5, 5.41) is 2.22. The third kappa shape index (κ3) is 3.37. The van der Waals surface area contributed by atoms with Crippen molar-refractivity contribution in [1.29, 1.82) is 0 Å². The Morgan fingerprint density at radius 2 is 1.83 bits per heavy atom. The Labute approximate surface area is 148 Å². The second-order valence-electron chi connectivity index (χ2n) is 4.58. The lowest BCUT2D eigenvalue weighted by molar-refractivity contribution is 0.0601. The van der Waals surface area contributed by atoms with Gasteiger partial charge < -0.3 is 10.1 Å². The third-order valence-electron chi connectivity index (χ3n) is 3.13. The molecule has 0 radical (unpaired) electrons. The number of hydrogen-bond acceptors (Lipinski definition) is 3. The van der Waals surface area contributed by atoms with Crippen molar-refractivity contribution >= 4 is 46.0 Å². The van der Waals surface area contributed by atoms with Gasteiger partial charge in [0.2, 0.25) is 0 Å². The fourth-order valence-corrected chi connectivity index (χ4v) is 2.37. The summed E-state index contributed by atoms with van der Waals surface area (Å²) in [6.45, 7) is 3.32. The molecule has 0 aliphatic carbocycles. The van der Waals surface area contributed by atoms with E-state index in [9.17, 15) is 22.4 Å². The van der Waals surface area contributed by atoms with E-state index < -0.39 is 40.6 Å². The van der Waals surface area contributed by atoms with Gasteiger partial charge in [0, 0.05) is 11.6 Å². The van der Waals surface area contributed by atoms with Gasteiger partial charge in [-0.3, -0.25) is 0 Å². The van der Waals surface area contributed by atoms with Gasteiger partial charge in [0.05, 0.1) is 27.6 Å². The SMILES string of the molecule is C=Cc1cc(C(=O)OC)c(Nc2cc(F)c(I)cc2F)c(F)c1F. The number of benzene rings is 2. The van der Waals surface area contributed by atoms with Gasteiger partial charge in [-0.2, -0.15) is 0 Å². The summed E-state index contributed by atoms with van der Waals surface area (Å²) < 4.78 is 60.3. The molecule has 0 aliphatic heterocycles. The van der Waals surface area contributed by atoms with Crippen LogP contribution in [0.3, 0.4) is 0 Å². The number of halogens is 5. The molecule has 0 saturated heterocycles. The van der Waals surface area contributed by atoms with Crippen molar-refractivity contribution < 1.29 is 27.1 Å². The van der Waals surface area contributed by atoms with E-state index >= 15 is 0 Å². The van der Waals surface area contributed by atoms with E-state index in [1.165, 1.54) is 0 Å². The molecule has 0 fully saturated rings. The lowest BCUT2D eigenvalue weighted by Gasteiger charge is -2.15. The summed E-state index contributed by atoms with van der Waals surface area (Å²) in [5.74, 6) is -5.37. The molecule has 126 valence electrons. The number of carbonyl (C=O) groups is 1. The van der Waals surface area contributed by atoms with Gasteiger partial charge in [-0.25, -0.2) is 22.4 Å². The first-order valence-corrected chi connectivity index (χ1v) is 7.52. The fourth-order valence-electron chi connectivity index (χ4n) is 1.94. The summed E-state index contributed by atoms with van der Waals surface area (Å²) in [6.07, 6.45) is 1.01. The number of esters is 1. The number of nitrogens with one attached hydrogen (secondary N) is 1. The first-order valence-electron chi connectivity index (χ1n) is 6.44. The van der Waals surface area contributed by atoms with E-state index in [0.29, 0.717) is 0 Å². The van der Waals surface area contributed by atoms with Crippen LogP contribution in [0, 0.1) is 26.8 Å². The fraction of sp³-hybridized carbons (Fsp3) is 0.0625. The van der Waals surface area contributed by atoms with Crippen molar-refractivity contribution in [3.05, 3.63) is 62.7 Å². The zero-order valence-electron chi connectivity index (χ0n) is 12.2. The Balaban J connectivity index is 2.65. The Bertz CT molecular complexity index is 840. The average molecular weight is 451 g/mol. The maximum Gasteiger partial charge on any atom is 0.340 e. The highest BCUT2D eigenvalue weighted by Gasteiger charge is 2.23. The summed E-state index contributed by atoms with van der Waals surface area (Å²) in [7, 11) is 1.05. The van der Waals surface area contributed by atoms with Crippen molar-refractivity contribution in [2.24, 2.45) is 0 Å². The Morgan fingerprint density at radius 3 is 2.42 bits per heavy atom. The van der Waals surface area contributed by atoms with Crippen molar-refractivity contribution in [3.8, 4) is 0 Å². The molecule has 24 heavy (non-hydrogen) atoms. The second-order valence-corrected chi connectivity index (χ2v) is 5.75. The highest BCUT2D eigenvalue weighted by molar-refractivity contribution is 14.1. The van der Waals surface area contributed by atoms with E-state index in [1.54, 1.807) is 22.6 Å². The smallest absolute Gasteiger partial charge is 0.340 e. The monoisotopic (exact) mass is 451 g/mol. The minimum absolute atomic E-state index is 0.0116. The predicted molar refractivity (Wildman–Crippen MR) is 90.1 cm³/mol. The summed E-state index contributed by atoms with van der Waals surface area (Å²) in [6, 6.07) is 2.65. The molecule has 0 aromatic heterocycles. The minimum atomic E-state index is -1.44. The molecule has 0 saturated carbocycles. The molecule has 0 atom stereocenters. The van der Waals surface area contributed by atoms with Crippen molar-refractivity contribution in [2.45, 2.75) is 0 Å². The normalized spacial score (nSPS) is 10.4. The number of rotatable bonds is 4. The largest absolute Gasteiger partial charge is 0.465 e. The average Bonchev–Trinajstić information content (AvgIpc) is 2.56. The highest BCUT2D eigenvalue weighted by Crippen LogP contribution is 2.31. The Kier molecular flexibility index (Phi) is 5.47. The predicted octanol–water partition coefficient (Wildman–Crippen LogP) is 5.02. The van der Waals surface area contributed by atoms with Gasteiger partial charge in [0.1, 0.15) is 11.6 Å². The van der Waals surface area contributed by atoms with Crippen LogP contribution in [0.25, 0.3) is 6.08 Å². The molecule has 0 heterocycles. The first kappa shape index (κ1) is 18.2. The molecule has 2 aromatic carbocycles. The van der Waals surface area contributed by atoms with Gasteiger partial charge >= 0.3 is 5.97 Å². The molecule has 1 N–H and O–H groups in total. The van der Waals surface area contributed by atoms with Crippen LogP contribution in [-0.4, -0.2) is 13.1 Å². The Hall–Kier alpha value is -2.10. The van der Waals surface area contributed by atoms with Gasteiger partial charge in [0.15, 0.2) is 11.6 Å².